The fourth-order valence-electron chi connectivity index (χ4n) is 1.22. The first-order chi connectivity index (χ1) is 8.81. The second kappa shape index (κ2) is 6.53. The molecule has 1 aromatic rings. The molecule has 0 atom stereocenters. The van der Waals surface area contributed by atoms with Crippen LogP contribution < -0.4 is 21.5 Å². The molecular weight excluding hydrogens is 283 g/mol. The maximum absolute atomic E-state index is 12.1. The predicted octanol–water partition coefficient (Wildman–Crippen LogP) is 2.13. The van der Waals surface area contributed by atoms with Crippen molar-refractivity contribution < 1.29 is 22.7 Å². The number of ether oxygens (including phenoxy) is 1. The van der Waals surface area contributed by atoms with Crippen LogP contribution in [0.25, 0.3) is 0 Å². The number of alkyl halides is 3. The van der Waals surface area contributed by atoms with E-state index in [1.807, 2.05) is 0 Å². The summed E-state index contributed by atoms with van der Waals surface area (Å²) in [7, 11) is 0. The average molecular weight is 295 g/mol. The lowest BCUT2D eigenvalue weighted by Gasteiger charge is -2.13. The topological polar surface area (TPSA) is 90.4 Å². The Morgan fingerprint density at radius 1 is 1.42 bits per heavy atom. The molecule has 0 fully saturated rings. The SMILES string of the molecule is NCCSc1cc(OC(F)(F)F)ccc1NC(N)=O. The molecule has 9 heteroatoms. The van der Waals surface area contributed by atoms with Crippen molar-refractivity contribution in [2.75, 3.05) is 17.6 Å². The Balaban J connectivity index is 2.96. The number of primary amides is 1. The zero-order chi connectivity index (χ0) is 14.5. The summed E-state index contributed by atoms with van der Waals surface area (Å²) in [4.78, 5) is 11.2. The number of hydrogen-bond donors (Lipinski definition) is 3. The van der Waals surface area contributed by atoms with Crippen molar-refractivity contribution in [1.29, 1.82) is 0 Å². The molecular formula is C10H12F3N3O2S. The third-order valence-corrected chi connectivity index (χ3v) is 2.91. The van der Waals surface area contributed by atoms with Gasteiger partial charge >= 0.3 is 12.4 Å². The van der Waals surface area contributed by atoms with Gasteiger partial charge in [-0.1, -0.05) is 0 Å². The van der Waals surface area contributed by atoms with Crippen molar-refractivity contribution >= 4 is 23.5 Å². The molecule has 0 radical (unpaired) electrons. The Bertz CT molecular complexity index is 454. The minimum Gasteiger partial charge on any atom is -0.406 e. The van der Waals surface area contributed by atoms with E-state index in [9.17, 15) is 18.0 Å². The Morgan fingerprint density at radius 3 is 2.63 bits per heavy atom. The number of benzene rings is 1. The van der Waals surface area contributed by atoms with E-state index >= 15 is 0 Å². The maximum atomic E-state index is 12.1. The van der Waals surface area contributed by atoms with Crippen LogP contribution in [-0.2, 0) is 0 Å². The highest BCUT2D eigenvalue weighted by Gasteiger charge is 2.31. The molecule has 5 nitrogen and oxygen atoms in total. The molecule has 0 unspecified atom stereocenters. The Hall–Kier alpha value is -1.61. The van der Waals surface area contributed by atoms with Crippen molar-refractivity contribution in [2.24, 2.45) is 11.5 Å². The van der Waals surface area contributed by atoms with Crippen LogP contribution in [0.15, 0.2) is 23.1 Å². The van der Waals surface area contributed by atoms with E-state index in [2.05, 4.69) is 10.1 Å². The average Bonchev–Trinajstić information content (AvgIpc) is 2.26. The van der Waals surface area contributed by atoms with Crippen LogP contribution in [0.1, 0.15) is 0 Å². The summed E-state index contributed by atoms with van der Waals surface area (Å²) in [5.41, 5.74) is 10.6. The highest BCUT2D eigenvalue weighted by molar-refractivity contribution is 7.99. The Kier molecular flexibility index (Phi) is 5.31. The van der Waals surface area contributed by atoms with Crippen LogP contribution in [0.4, 0.5) is 23.7 Å². The van der Waals surface area contributed by atoms with Gasteiger partial charge in [-0.3, -0.25) is 0 Å². The number of anilines is 1. The summed E-state index contributed by atoms with van der Waals surface area (Å²) in [6, 6.07) is 2.73. The van der Waals surface area contributed by atoms with Gasteiger partial charge in [0.2, 0.25) is 0 Å². The number of rotatable bonds is 5. The van der Waals surface area contributed by atoms with Crippen molar-refractivity contribution in [1.82, 2.24) is 0 Å². The van der Waals surface area contributed by atoms with Crippen LogP contribution in [-0.4, -0.2) is 24.7 Å². The van der Waals surface area contributed by atoms with Gasteiger partial charge in [0.25, 0.3) is 0 Å². The van der Waals surface area contributed by atoms with E-state index in [1.54, 1.807) is 0 Å². The van der Waals surface area contributed by atoms with Gasteiger partial charge in [-0.2, -0.15) is 0 Å². The van der Waals surface area contributed by atoms with Gasteiger partial charge in [-0.05, 0) is 18.2 Å². The minimum absolute atomic E-state index is 0.306. The molecule has 0 aliphatic carbocycles. The molecule has 0 spiro atoms. The molecule has 0 saturated heterocycles. The molecule has 5 N–H and O–H groups in total. The zero-order valence-electron chi connectivity index (χ0n) is 9.66. The lowest BCUT2D eigenvalue weighted by molar-refractivity contribution is -0.274. The number of carbonyl (C=O) groups is 1. The molecule has 0 aliphatic heterocycles. The molecule has 1 rings (SSSR count). The van der Waals surface area contributed by atoms with E-state index in [1.165, 1.54) is 23.9 Å². The molecule has 0 saturated carbocycles. The zero-order valence-corrected chi connectivity index (χ0v) is 10.5. The van der Waals surface area contributed by atoms with Gasteiger partial charge in [0.15, 0.2) is 0 Å². The Morgan fingerprint density at radius 2 is 2.11 bits per heavy atom. The summed E-state index contributed by atoms with van der Waals surface area (Å²) in [5.74, 6) is 0.102. The molecule has 106 valence electrons. The second-order valence-electron chi connectivity index (χ2n) is 3.33. The van der Waals surface area contributed by atoms with Crippen molar-refractivity contribution in [3.63, 3.8) is 0 Å². The number of amides is 2. The highest BCUT2D eigenvalue weighted by Crippen LogP contribution is 2.33. The molecule has 0 bridgehead atoms. The van der Waals surface area contributed by atoms with Crippen LogP contribution in [0.3, 0.4) is 0 Å². The van der Waals surface area contributed by atoms with Crippen molar-refractivity contribution in [2.45, 2.75) is 11.3 Å². The third-order valence-electron chi connectivity index (χ3n) is 1.82. The summed E-state index contributed by atoms with van der Waals surface area (Å²) in [6.45, 7) is 0.338. The summed E-state index contributed by atoms with van der Waals surface area (Å²) < 4.78 is 40.1. The fourth-order valence-corrected chi connectivity index (χ4v) is 2.04. The number of nitrogens with one attached hydrogen (secondary N) is 1. The lowest BCUT2D eigenvalue weighted by atomic mass is 10.3. The number of urea groups is 1. The molecule has 0 heterocycles. The van der Waals surface area contributed by atoms with Crippen LogP contribution in [0.2, 0.25) is 0 Å². The van der Waals surface area contributed by atoms with E-state index < -0.39 is 12.4 Å². The van der Waals surface area contributed by atoms with Gasteiger partial charge in [0, 0.05) is 17.2 Å². The molecule has 0 aromatic heterocycles. The van der Waals surface area contributed by atoms with Gasteiger partial charge in [0.05, 0.1) is 5.69 Å². The monoisotopic (exact) mass is 295 g/mol. The largest absolute Gasteiger partial charge is 0.573 e. The molecule has 19 heavy (non-hydrogen) atoms. The van der Waals surface area contributed by atoms with Crippen molar-refractivity contribution in [3.05, 3.63) is 18.2 Å². The smallest absolute Gasteiger partial charge is 0.406 e. The Labute approximate surface area is 111 Å². The van der Waals surface area contributed by atoms with Gasteiger partial charge < -0.3 is 21.5 Å². The summed E-state index contributed by atoms with van der Waals surface area (Å²) >= 11 is 1.19. The minimum atomic E-state index is -4.77. The lowest BCUT2D eigenvalue weighted by Crippen LogP contribution is -2.20. The molecule has 1 aromatic carbocycles. The van der Waals surface area contributed by atoms with E-state index in [0.29, 0.717) is 22.9 Å². The molecule has 0 aliphatic rings. The predicted molar refractivity (Wildman–Crippen MR) is 66.1 cm³/mol. The first kappa shape index (κ1) is 15.4. The normalized spacial score (nSPS) is 11.2. The summed E-state index contributed by atoms with van der Waals surface area (Å²) in [5, 5.41) is 2.31. The number of thioether (sulfide) groups is 1. The molecule has 2 amide bonds. The first-order valence-electron chi connectivity index (χ1n) is 5.11. The van der Waals surface area contributed by atoms with Crippen LogP contribution >= 0.6 is 11.8 Å². The number of carbonyl (C=O) groups excluding carboxylic acids is 1. The standard InChI is InChI=1S/C10H12F3N3O2S/c11-10(12,13)18-6-1-2-7(16-9(15)17)8(5-6)19-4-3-14/h1-2,5H,3-4,14H2,(H3,15,16,17). The summed E-state index contributed by atoms with van der Waals surface area (Å²) in [6.07, 6.45) is -4.77. The quantitative estimate of drug-likeness (QED) is 0.726. The van der Waals surface area contributed by atoms with Crippen molar-refractivity contribution in [3.8, 4) is 5.75 Å². The van der Waals surface area contributed by atoms with E-state index in [-0.39, 0.29) is 5.75 Å². The van der Waals surface area contributed by atoms with E-state index in [4.69, 9.17) is 11.5 Å². The number of halogens is 3. The first-order valence-corrected chi connectivity index (χ1v) is 6.09. The third kappa shape index (κ3) is 5.71. The van der Waals surface area contributed by atoms with Gasteiger partial charge in [0.1, 0.15) is 5.75 Å². The maximum Gasteiger partial charge on any atom is 0.573 e. The van der Waals surface area contributed by atoms with Gasteiger partial charge in [-0.15, -0.1) is 24.9 Å². The fraction of sp³-hybridized carbons (Fsp3) is 0.300. The highest BCUT2D eigenvalue weighted by atomic mass is 32.2. The van der Waals surface area contributed by atoms with Crippen LogP contribution in [0.5, 0.6) is 5.75 Å². The van der Waals surface area contributed by atoms with E-state index in [0.717, 1.165) is 6.07 Å². The van der Waals surface area contributed by atoms with Gasteiger partial charge in [-0.25, -0.2) is 4.79 Å². The number of hydrogen-bond acceptors (Lipinski definition) is 4. The van der Waals surface area contributed by atoms with Crippen LogP contribution in [0, 0.1) is 0 Å². The number of nitrogens with two attached hydrogens (primary N) is 2. The second-order valence-corrected chi connectivity index (χ2v) is 4.47.